The van der Waals surface area contributed by atoms with Gasteiger partial charge in [-0.1, -0.05) is 45.3 Å². The molecule has 0 rings (SSSR count). The van der Waals surface area contributed by atoms with Crippen LogP contribution in [0.15, 0.2) is 12.2 Å². The number of hydrogen-bond donors (Lipinski definition) is 3. The van der Waals surface area contributed by atoms with Gasteiger partial charge in [-0.05, 0) is 38.5 Å². The SMILES string of the molecule is CCCCCC/C=C/CCCCC(=O)O[C@@H](COC(=O)CCC)COP(=O)(O)OC[C@H](O)CO. The normalized spacial score (nSPS) is 15.1. The van der Waals surface area contributed by atoms with Crippen molar-refractivity contribution in [3.8, 4) is 0 Å². The summed E-state index contributed by atoms with van der Waals surface area (Å²) < 4.78 is 31.6. The average Bonchev–Trinajstić information content (AvgIpc) is 2.80. The van der Waals surface area contributed by atoms with Crippen LogP contribution in [0, 0.1) is 0 Å². The number of phosphoric acid groups is 1. The van der Waals surface area contributed by atoms with Gasteiger partial charge in [0.2, 0.25) is 0 Å². The number of hydrogen-bond acceptors (Lipinski definition) is 9. The molecule has 34 heavy (non-hydrogen) atoms. The van der Waals surface area contributed by atoms with E-state index in [1.165, 1.54) is 25.7 Å². The second-order valence-electron chi connectivity index (χ2n) is 8.01. The van der Waals surface area contributed by atoms with Crippen molar-refractivity contribution in [2.24, 2.45) is 0 Å². The lowest BCUT2D eigenvalue weighted by Gasteiger charge is -2.20. The first-order chi connectivity index (χ1) is 16.2. The van der Waals surface area contributed by atoms with Gasteiger partial charge < -0.3 is 24.6 Å². The third-order valence-corrected chi connectivity index (χ3v) is 5.59. The van der Waals surface area contributed by atoms with Crippen molar-refractivity contribution < 1.29 is 47.8 Å². The lowest BCUT2D eigenvalue weighted by molar-refractivity contribution is -0.161. The van der Waals surface area contributed by atoms with Gasteiger partial charge >= 0.3 is 19.8 Å². The third-order valence-electron chi connectivity index (χ3n) is 4.64. The number of aliphatic hydroxyl groups excluding tert-OH is 2. The Bertz CT molecular complexity index is 611. The molecule has 3 N–H and O–H groups in total. The van der Waals surface area contributed by atoms with E-state index >= 15 is 0 Å². The van der Waals surface area contributed by atoms with Gasteiger partial charge in [-0.3, -0.25) is 18.6 Å². The van der Waals surface area contributed by atoms with Crippen LogP contribution >= 0.6 is 7.82 Å². The van der Waals surface area contributed by atoms with Crippen LogP contribution < -0.4 is 0 Å². The summed E-state index contributed by atoms with van der Waals surface area (Å²) in [6.45, 7) is 1.85. The molecule has 200 valence electrons. The molecule has 0 bridgehead atoms. The molecule has 0 saturated heterocycles. The van der Waals surface area contributed by atoms with Gasteiger partial charge in [0.1, 0.15) is 12.7 Å². The van der Waals surface area contributed by atoms with Crippen molar-refractivity contribution in [1.82, 2.24) is 0 Å². The Morgan fingerprint density at radius 3 is 2.12 bits per heavy atom. The van der Waals surface area contributed by atoms with Gasteiger partial charge in [-0.2, -0.15) is 0 Å². The number of carbonyl (C=O) groups excluding carboxylic acids is 2. The molecule has 0 amide bonds. The number of ether oxygens (including phenoxy) is 2. The Balaban J connectivity index is 4.43. The summed E-state index contributed by atoms with van der Waals surface area (Å²) in [5.74, 6) is -1.02. The van der Waals surface area contributed by atoms with Gasteiger partial charge in [0.05, 0.1) is 19.8 Å². The van der Waals surface area contributed by atoms with Crippen LogP contribution in [-0.4, -0.2) is 65.7 Å². The maximum Gasteiger partial charge on any atom is 0.472 e. The highest BCUT2D eigenvalue weighted by molar-refractivity contribution is 7.47. The van der Waals surface area contributed by atoms with Crippen molar-refractivity contribution in [3.63, 3.8) is 0 Å². The predicted octanol–water partition coefficient (Wildman–Crippen LogP) is 3.82. The standard InChI is InChI=1S/C23H43O10P/c1-3-5-6-7-8-9-10-11-12-13-15-23(27)33-21(18-30-22(26)14-4-2)19-32-34(28,29)31-17-20(25)16-24/h9-10,20-21,24-25H,3-8,11-19H2,1-2H3,(H,28,29)/b10-9+/t20-,21+/m1/s1. The summed E-state index contributed by atoms with van der Waals surface area (Å²) >= 11 is 0. The first kappa shape index (κ1) is 32.7. The Hall–Kier alpha value is -1.29. The van der Waals surface area contributed by atoms with E-state index in [1.807, 2.05) is 6.92 Å². The minimum atomic E-state index is -4.57. The van der Waals surface area contributed by atoms with Gasteiger partial charge in [-0.15, -0.1) is 0 Å². The van der Waals surface area contributed by atoms with E-state index in [-0.39, 0.29) is 19.4 Å². The summed E-state index contributed by atoms with van der Waals surface area (Å²) in [5.41, 5.74) is 0. The third kappa shape index (κ3) is 20.1. The molecule has 0 aromatic rings. The van der Waals surface area contributed by atoms with E-state index in [1.54, 1.807) is 0 Å². The Kier molecular flexibility index (Phi) is 20.2. The minimum absolute atomic E-state index is 0.153. The molecule has 0 aromatic carbocycles. The molecule has 0 heterocycles. The monoisotopic (exact) mass is 510 g/mol. The number of carbonyl (C=O) groups is 2. The summed E-state index contributed by atoms with van der Waals surface area (Å²) in [5, 5.41) is 17.9. The zero-order valence-electron chi connectivity index (χ0n) is 20.6. The molecule has 0 aliphatic rings. The van der Waals surface area contributed by atoms with E-state index in [0.29, 0.717) is 12.8 Å². The van der Waals surface area contributed by atoms with E-state index < -0.39 is 51.8 Å². The zero-order valence-corrected chi connectivity index (χ0v) is 21.5. The first-order valence-electron chi connectivity index (χ1n) is 12.1. The molecule has 0 aliphatic carbocycles. The van der Waals surface area contributed by atoms with Crippen molar-refractivity contribution in [1.29, 1.82) is 0 Å². The lowest BCUT2D eigenvalue weighted by Crippen LogP contribution is -2.29. The van der Waals surface area contributed by atoms with E-state index in [4.69, 9.17) is 19.1 Å². The van der Waals surface area contributed by atoms with Gasteiger partial charge in [0.25, 0.3) is 0 Å². The molecule has 0 spiro atoms. The van der Waals surface area contributed by atoms with Crippen LogP contribution in [0.25, 0.3) is 0 Å². The molecule has 3 atom stereocenters. The molecule has 0 aliphatic heterocycles. The summed E-state index contributed by atoms with van der Waals surface area (Å²) in [4.78, 5) is 33.5. The second-order valence-corrected chi connectivity index (χ2v) is 9.46. The largest absolute Gasteiger partial charge is 0.472 e. The Morgan fingerprint density at radius 2 is 1.50 bits per heavy atom. The number of rotatable bonds is 22. The van der Waals surface area contributed by atoms with Gasteiger partial charge in [-0.25, -0.2) is 4.57 Å². The summed E-state index contributed by atoms with van der Waals surface area (Å²) in [6.07, 6.45) is 11.1. The van der Waals surface area contributed by atoms with Crippen LogP contribution in [0.3, 0.4) is 0 Å². The predicted molar refractivity (Wildman–Crippen MR) is 127 cm³/mol. The fraction of sp³-hybridized carbons (Fsp3) is 0.826. The maximum absolute atomic E-state index is 12.2. The highest BCUT2D eigenvalue weighted by Gasteiger charge is 2.27. The topological polar surface area (TPSA) is 149 Å². The summed E-state index contributed by atoms with van der Waals surface area (Å²) in [7, 11) is -4.57. The maximum atomic E-state index is 12.2. The minimum Gasteiger partial charge on any atom is -0.462 e. The van der Waals surface area contributed by atoms with Crippen molar-refractivity contribution in [2.45, 2.75) is 96.7 Å². The molecule has 0 aromatic heterocycles. The zero-order chi connectivity index (χ0) is 25.7. The van der Waals surface area contributed by atoms with Crippen LogP contribution in [0.2, 0.25) is 0 Å². The first-order valence-corrected chi connectivity index (χ1v) is 13.6. The number of esters is 2. The highest BCUT2D eigenvalue weighted by Crippen LogP contribution is 2.43. The number of allylic oxidation sites excluding steroid dienone is 2. The molecule has 0 saturated carbocycles. The lowest BCUT2D eigenvalue weighted by atomic mass is 10.1. The average molecular weight is 511 g/mol. The van der Waals surface area contributed by atoms with Gasteiger partial charge in [0.15, 0.2) is 6.10 Å². The Morgan fingerprint density at radius 1 is 0.853 bits per heavy atom. The van der Waals surface area contributed by atoms with Crippen LogP contribution in [-0.2, 0) is 32.7 Å². The number of unbranched alkanes of at least 4 members (excludes halogenated alkanes) is 6. The van der Waals surface area contributed by atoms with Crippen molar-refractivity contribution >= 4 is 19.8 Å². The van der Waals surface area contributed by atoms with Crippen LogP contribution in [0.5, 0.6) is 0 Å². The fourth-order valence-electron chi connectivity index (χ4n) is 2.73. The molecule has 1 unspecified atom stereocenters. The molecule has 0 fully saturated rings. The number of phosphoric ester groups is 1. The molecular weight excluding hydrogens is 467 g/mol. The fourth-order valence-corrected chi connectivity index (χ4v) is 3.52. The summed E-state index contributed by atoms with van der Waals surface area (Å²) in [6, 6.07) is 0. The molecule has 10 nitrogen and oxygen atoms in total. The second kappa shape index (κ2) is 21.0. The molecule has 0 radical (unpaired) electrons. The van der Waals surface area contributed by atoms with Crippen LogP contribution in [0.4, 0.5) is 0 Å². The smallest absolute Gasteiger partial charge is 0.462 e. The Labute approximate surface area is 203 Å². The molecular formula is C23H43O10P. The number of aliphatic hydroxyl groups is 2. The van der Waals surface area contributed by atoms with E-state index in [9.17, 15) is 24.2 Å². The van der Waals surface area contributed by atoms with Crippen molar-refractivity contribution in [3.05, 3.63) is 12.2 Å². The van der Waals surface area contributed by atoms with Crippen LogP contribution in [0.1, 0.15) is 84.5 Å². The van der Waals surface area contributed by atoms with Crippen molar-refractivity contribution in [2.75, 3.05) is 26.4 Å². The van der Waals surface area contributed by atoms with Gasteiger partial charge in [0, 0.05) is 12.8 Å². The van der Waals surface area contributed by atoms with E-state index in [2.05, 4.69) is 23.6 Å². The quantitative estimate of drug-likeness (QED) is 0.0849. The highest BCUT2D eigenvalue weighted by atomic mass is 31.2. The van der Waals surface area contributed by atoms with E-state index in [0.717, 1.165) is 19.3 Å². The molecule has 11 heteroatoms.